The fourth-order valence-electron chi connectivity index (χ4n) is 0.340. The Balaban J connectivity index is -0.000000101. The summed E-state index contributed by atoms with van der Waals surface area (Å²) in [5.74, 6) is 0. The van der Waals surface area contributed by atoms with Gasteiger partial charge in [-0.3, -0.25) is 6.08 Å². The van der Waals surface area contributed by atoms with Gasteiger partial charge in [0.2, 0.25) is 0 Å². The Labute approximate surface area is 74.9 Å². The van der Waals surface area contributed by atoms with Gasteiger partial charge in [-0.25, -0.2) is 12.2 Å². The average molecular weight is 200 g/mol. The van der Waals surface area contributed by atoms with Gasteiger partial charge in [-0.05, 0) is 0 Å². The van der Waals surface area contributed by atoms with Gasteiger partial charge in [-0.1, -0.05) is 0 Å². The van der Waals surface area contributed by atoms with Crippen molar-refractivity contribution in [3.05, 3.63) is 24.3 Å². The Morgan fingerprint density at radius 2 is 2.22 bits per heavy atom. The molecular formula is C8H13Zr-. The third-order valence-electron chi connectivity index (χ3n) is 0.586. The minimum absolute atomic E-state index is 0. The predicted molar refractivity (Wildman–Crippen MR) is 40.1 cm³/mol. The fourth-order valence-corrected chi connectivity index (χ4v) is 0.340. The summed E-state index contributed by atoms with van der Waals surface area (Å²) in [6.45, 7) is 4.25. The molecule has 0 fully saturated rings. The van der Waals surface area contributed by atoms with E-state index in [1.165, 1.54) is 3.21 Å². The van der Waals surface area contributed by atoms with Crippen LogP contribution in [0.4, 0.5) is 0 Å². The van der Waals surface area contributed by atoms with Crippen molar-refractivity contribution in [1.82, 2.24) is 0 Å². The van der Waals surface area contributed by atoms with Gasteiger partial charge in [0.25, 0.3) is 0 Å². The van der Waals surface area contributed by atoms with Crippen LogP contribution in [-0.2, 0) is 24.2 Å². The van der Waals surface area contributed by atoms with Crippen LogP contribution >= 0.6 is 0 Å². The standard InChI is InChI=1S/C5H5.C3H6.Zr.2H/c1-2-4-5-3-1;1-3-2;;;/h1-3H,4H2;1-2H3;;;/q-1;;+2;2*-1. The zero-order valence-corrected chi connectivity index (χ0v) is 8.40. The van der Waals surface area contributed by atoms with Crippen molar-refractivity contribution >= 4 is 3.21 Å². The van der Waals surface area contributed by atoms with Crippen molar-refractivity contribution in [3.8, 4) is 0 Å². The second-order valence-electron chi connectivity index (χ2n) is 2.00. The number of hydrogen-bond acceptors (Lipinski definition) is 0. The molecule has 0 bridgehead atoms. The summed E-state index contributed by atoms with van der Waals surface area (Å²) >= 11 is 1.55. The molecule has 9 heavy (non-hydrogen) atoms. The minimum atomic E-state index is 0. The molecule has 0 aromatic rings. The third-order valence-corrected chi connectivity index (χ3v) is 0.586. The minimum Gasteiger partial charge on any atom is -1.00 e. The van der Waals surface area contributed by atoms with Crippen LogP contribution < -0.4 is 0 Å². The summed E-state index contributed by atoms with van der Waals surface area (Å²) < 4.78 is 1.51. The summed E-state index contributed by atoms with van der Waals surface area (Å²) in [4.78, 5) is 0. The molecule has 1 aliphatic carbocycles. The molecule has 0 unspecified atom stereocenters. The summed E-state index contributed by atoms with van der Waals surface area (Å²) in [7, 11) is 0. The zero-order chi connectivity index (χ0) is 7.11. The molecule has 0 aromatic carbocycles. The van der Waals surface area contributed by atoms with E-state index >= 15 is 0 Å². The van der Waals surface area contributed by atoms with E-state index in [2.05, 4.69) is 26.0 Å². The molecule has 1 heteroatoms. The summed E-state index contributed by atoms with van der Waals surface area (Å²) in [5, 5.41) is 0. The monoisotopic (exact) mass is 199 g/mol. The first-order valence-corrected chi connectivity index (χ1v) is 4.20. The molecular weight excluding hydrogens is 187 g/mol. The first-order valence-electron chi connectivity index (χ1n) is 2.97. The van der Waals surface area contributed by atoms with Gasteiger partial charge in [-0.2, -0.15) is 6.08 Å². The van der Waals surface area contributed by atoms with E-state index < -0.39 is 0 Å². The normalized spacial score (nSPS) is 12.9. The van der Waals surface area contributed by atoms with Gasteiger partial charge < -0.3 is 2.85 Å². The Morgan fingerprint density at radius 1 is 1.67 bits per heavy atom. The molecule has 0 saturated heterocycles. The molecule has 50 valence electrons. The molecule has 1 rings (SSSR count). The zero-order valence-electron chi connectivity index (χ0n) is 7.94. The first kappa shape index (κ1) is 9.23. The van der Waals surface area contributed by atoms with E-state index in [1.807, 2.05) is 12.2 Å². The van der Waals surface area contributed by atoms with Gasteiger partial charge in [0.05, 0.1) is 0 Å². The van der Waals surface area contributed by atoms with E-state index in [0.29, 0.717) is 0 Å². The summed E-state index contributed by atoms with van der Waals surface area (Å²) in [6, 6.07) is 0. The van der Waals surface area contributed by atoms with Gasteiger partial charge in [0, 0.05) is 0 Å². The van der Waals surface area contributed by atoms with Gasteiger partial charge in [0.15, 0.2) is 0 Å². The quantitative estimate of drug-likeness (QED) is 0.526. The van der Waals surface area contributed by atoms with E-state index in [9.17, 15) is 0 Å². The maximum Gasteiger partial charge on any atom is -0.109 e. The van der Waals surface area contributed by atoms with Crippen molar-refractivity contribution in [1.29, 1.82) is 0 Å². The largest absolute Gasteiger partial charge is 1.00 e. The molecule has 0 N–H and O–H groups in total. The summed E-state index contributed by atoms with van der Waals surface area (Å²) in [6.07, 6.45) is 10.0. The van der Waals surface area contributed by atoms with Gasteiger partial charge >= 0.3 is 41.3 Å². The van der Waals surface area contributed by atoms with Crippen LogP contribution in [0.2, 0.25) is 0 Å². The molecule has 0 heterocycles. The number of hydrogen-bond donors (Lipinski definition) is 0. The van der Waals surface area contributed by atoms with E-state index in [4.69, 9.17) is 0 Å². The maximum absolute atomic E-state index is 2.99. The molecule has 0 saturated carbocycles. The predicted octanol–water partition coefficient (Wildman–Crippen LogP) is 2.28. The van der Waals surface area contributed by atoms with Crippen LogP contribution in [-0.4, -0.2) is 3.21 Å². The van der Waals surface area contributed by atoms with Crippen LogP contribution in [0.1, 0.15) is 23.1 Å². The molecule has 0 aromatic heterocycles. The van der Waals surface area contributed by atoms with Crippen LogP contribution in [0.3, 0.4) is 0 Å². The smallest absolute Gasteiger partial charge is 0.109 e. The van der Waals surface area contributed by atoms with Crippen LogP contribution in [0.15, 0.2) is 18.2 Å². The van der Waals surface area contributed by atoms with Crippen LogP contribution in [0, 0.1) is 6.08 Å². The average Bonchev–Trinajstić information content (AvgIpc) is 2.11. The number of rotatable bonds is 0. The van der Waals surface area contributed by atoms with E-state index in [0.717, 1.165) is 6.42 Å². The first-order chi connectivity index (χ1) is 4.23. The molecule has 0 atom stereocenters. The third kappa shape index (κ3) is 11.7. The van der Waals surface area contributed by atoms with Crippen molar-refractivity contribution in [3.63, 3.8) is 0 Å². The Morgan fingerprint density at radius 3 is 2.33 bits per heavy atom. The van der Waals surface area contributed by atoms with Crippen LogP contribution in [0.5, 0.6) is 0 Å². The molecule has 0 nitrogen and oxygen atoms in total. The SMILES string of the molecule is C[C](C)=[Zr+2].[C-]1=CC=CC1.[H-].[H-]. The van der Waals surface area contributed by atoms with Crippen molar-refractivity contribution in [2.45, 2.75) is 20.3 Å². The Bertz CT molecular complexity index is 125. The molecule has 1 aliphatic rings. The van der Waals surface area contributed by atoms with E-state index in [-0.39, 0.29) is 2.85 Å². The molecule has 0 radical (unpaired) electrons. The van der Waals surface area contributed by atoms with Crippen molar-refractivity contribution in [2.75, 3.05) is 0 Å². The second kappa shape index (κ2) is 6.35. The van der Waals surface area contributed by atoms with Gasteiger partial charge in [-0.15, -0.1) is 6.42 Å². The van der Waals surface area contributed by atoms with Crippen molar-refractivity contribution in [2.24, 2.45) is 0 Å². The van der Waals surface area contributed by atoms with Crippen LogP contribution in [0.25, 0.3) is 0 Å². The number of allylic oxidation sites excluding steroid dienone is 4. The maximum atomic E-state index is 2.99. The molecule has 0 spiro atoms. The summed E-state index contributed by atoms with van der Waals surface area (Å²) in [5.41, 5.74) is 0. The fraction of sp³-hybridized carbons (Fsp3) is 0.375. The van der Waals surface area contributed by atoms with Gasteiger partial charge in [0.1, 0.15) is 0 Å². The Kier molecular flexibility index (Phi) is 6.52. The van der Waals surface area contributed by atoms with E-state index in [1.54, 1.807) is 24.2 Å². The molecule has 0 aliphatic heterocycles. The molecule has 0 amide bonds. The second-order valence-corrected chi connectivity index (χ2v) is 4.46. The van der Waals surface area contributed by atoms with Crippen molar-refractivity contribution < 1.29 is 27.1 Å². The topological polar surface area (TPSA) is 0 Å². The Hall–Kier alpha value is 0.233.